The van der Waals surface area contributed by atoms with Gasteiger partial charge in [0.05, 0.1) is 31.0 Å². The summed E-state index contributed by atoms with van der Waals surface area (Å²) in [4.78, 5) is 33.6. The van der Waals surface area contributed by atoms with Gasteiger partial charge < -0.3 is 19.9 Å². The molecule has 2 aromatic rings. The van der Waals surface area contributed by atoms with Gasteiger partial charge in [-0.2, -0.15) is 0 Å². The van der Waals surface area contributed by atoms with E-state index in [1.165, 1.54) is 0 Å². The third-order valence-electron chi connectivity index (χ3n) is 5.51. The summed E-state index contributed by atoms with van der Waals surface area (Å²) in [6.45, 7) is 5.51. The smallest absolute Gasteiger partial charge is 0.229 e. The van der Waals surface area contributed by atoms with E-state index in [1.54, 1.807) is 11.1 Å². The molecule has 29 heavy (non-hydrogen) atoms. The van der Waals surface area contributed by atoms with Crippen molar-refractivity contribution in [2.75, 3.05) is 48.0 Å². The summed E-state index contributed by atoms with van der Waals surface area (Å²) in [5.74, 6) is 0.360. The van der Waals surface area contributed by atoms with Gasteiger partial charge >= 0.3 is 0 Å². The van der Waals surface area contributed by atoms with Gasteiger partial charge in [0, 0.05) is 31.7 Å². The number of rotatable bonds is 5. The number of carbonyl (C=O) groups is 2. The van der Waals surface area contributed by atoms with Crippen molar-refractivity contribution in [2.45, 2.75) is 19.8 Å². The molecule has 2 aliphatic rings. The topological polar surface area (TPSA) is 74.8 Å². The summed E-state index contributed by atoms with van der Waals surface area (Å²) in [6.07, 6.45) is 2.74. The van der Waals surface area contributed by atoms with Crippen molar-refractivity contribution < 1.29 is 14.3 Å². The Kier molecular flexibility index (Phi) is 5.76. The van der Waals surface area contributed by atoms with Gasteiger partial charge in [-0.1, -0.05) is 25.1 Å². The number of amides is 2. The lowest BCUT2D eigenvalue weighted by molar-refractivity contribution is -0.122. The molecular weight excluding hydrogens is 368 g/mol. The van der Waals surface area contributed by atoms with Gasteiger partial charge in [0.2, 0.25) is 11.8 Å². The maximum atomic E-state index is 12.7. The maximum Gasteiger partial charge on any atom is 0.229 e. The van der Waals surface area contributed by atoms with Crippen molar-refractivity contribution in [1.29, 1.82) is 0 Å². The van der Waals surface area contributed by atoms with E-state index in [4.69, 9.17) is 4.74 Å². The predicted octanol–water partition coefficient (Wildman–Crippen LogP) is 2.47. The minimum atomic E-state index is -0.369. The Hall–Kier alpha value is -2.93. The quantitative estimate of drug-likeness (QED) is 0.843. The molecule has 2 amide bonds. The van der Waals surface area contributed by atoms with E-state index < -0.39 is 0 Å². The van der Waals surface area contributed by atoms with E-state index in [9.17, 15) is 9.59 Å². The summed E-state index contributed by atoms with van der Waals surface area (Å²) in [7, 11) is 0. The zero-order chi connectivity index (χ0) is 20.2. The molecule has 152 valence electrons. The van der Waals surface area contributed by atoms with Crippen LogP contribution >= 0.6 is 0 Å². The van der Waals surface area contributed by atoms with Gasteiger partial charge in [-0.05, 0) is 30.2 Å². The van der Waals surface area contributed by atoms with Crippen LogP contribution in [0.1, 0.15) is 18.9 Å². The van der Waals surface area contributed by atoms with E-state index in [0.717, 1.165) is 36.6 Å². The summed E-state index contributed by atoms with van der Waals surface area (Å²) in [5, 5.41) is 2.91. The van der Waals surface area contributed by atoms with Crippen LogP contribution in [0.25, 0.3) is 0 Å². The van der Waals surface area contributed by atoms with Crippen molar-refractivity contribution in [3.63, 3.8) is 0 Å². The van der Waals surface area contributed by atoms with Crippen molar-refractivity contribution in [2.24, 2.45) is 5.92 Å². The lowest BCUT2D eigenvalue weighted by Crippen LogP contribution is -2.36. The monoisotopic (exact) mass is 394 g/mol. The van der Waals surface area contributed by atoms with E-state index in [-0.39, 0.29) is 24.2 Å². The number of nitrogens with zero attached hydrogens (tertiary/aromatic N) is 3. The number of aromatic nitrogens is 1. The van der Waals surface area contributed by atoms with Crippen LogP contribution in [0.15, 0.2) is 42.6 Å². The molecule has 1 aromatic carbocycles. The second-order valence-corrected chi connectivity index (χ2v) is 7.38. The van der Waals surface area contributed by atoms with Crippen LogP contribution in [0.4, 0.5) is 17.2 Å². The van der Waals surface area contributed by atoms with Crippen LogP contribution in [0.2, 0.25) is 0 Å². The molecule has 2 fully saturated rings. The average molecular weight is 394 g/mol. The molecule has 1 atom stereocenters. The molecule has 2 aliphatic heterocycles. The average Bonchev–Trinajstić information content (AvgIpc) is 3.16. The maximum absolute atomic E-state index is 12.7. The van der Waals surface area contributed by atoms with Crippen LogP contribution in [0.3, 0.4) is 0 Å². The number of benzene rings is 1. The molecule has 1 unspecified atom stereocenters. The highest BCUT2D eigenvalue weighted by molar-refractivity contribution is 6.03. The third kappa shape index (κ3) is 4.24. The fourth-order valence-corrected chi connectivity index (χ4v) is 3.87. The van der Waals surface area contributed by atoms with Crippen LogP contribution in [-0.2, 0) is 20.7 Å². The van der Waals surface area contributed by atoms with Gasteiger partial charge in [0.1, 0.15) is 5.82 Å². The molecule has 1 aromatic heterocycles. The second kappa shape index (κ2) is 8.61. The van der Waals surface area contributed by atoms with Crippen LogP contribution in [0, 0.1) is 5.92 Å². The van der Waals surface area contributed by atoms with E-state index in [0.29, 0.717) is 25.4 Å². The van der Waals surface area contributed by atoms with Gasteiger partial charge in [-0.25, -0.2) is 4.98 Å². The Bertz CT molecular complexity index is 878. The number of para-hydroxylation sites is 1. The summed E-state index contributed by atoms with van der Waals surface area (Å²) in [6, 6.07) is 11.6. The first-order valence-corrected chi connectivity index (χ1v) is 10.1. The summed E-state index contributed by atoms with van der Waals surface area (Å²) < 4.78 is 5.36. The van der Waals surface area contributed by atoms with Gasteiger partial charge in [-0.15, -0.1) is 0 Å². The lowest BCUT2D eigenvalue weighted by Gasteiger charge is -2.27. The Balaban J connectivity index is 1.39. The van der Waals surface area contributed by atoms with Gasteiger partial charge in [-0.3, -0.25) is 9.59 Å². The molecule has 2 saturated heterocycles. The Morgan fingerprint density at radius 2 is 2.00 bits per heavy atom. The van der Waals surface area contributed by atoms with Crippen molar-refractivity contribution in [3.8, 4) is 0 Å². The number of ether oxygens (including phenoxy) is 1. The van der Waals surface area contributed by atoms with E-state index >= 15 is 0 Å². The van der Waals surface area contributed by atoms with E-state index in [1.807, 2.05) is 36.4 Å². The Labute approximate surface area is 170 Å². The molecular formula is C22H26N4O3. The molecule has 0 spiro atoms. The molecule has 3 heterocycles. The molecule has 0 radical (unpaired) electrons. The number of aryl methyl sites for hydroxylation is 1. The number of carbonyl (C=O) groups excluding carboxylic acids is 2. The number of morpholine rings is 1. The van der Waals surface area contributed by atoms with Crippen molar-refractivity contribution in [1.82, 2.24) is 4.98 Å². The van der Waals surface area contributed by atoms with Crippen LogP contribution in [-0.4, -0.2) is 49.6 Å². The third-order valence-corrected chi connectivity index (χ3v) is 5.51. The normalized spacial score (nSPS) is 19.5. The molecule has 7 heteroatoms. The van der Waals surface area contributed by atoms with Crippen molar-refractivity contribution in [3.05, 3.63) is 48.2 Å². The number of nitrogens with one attached hydrogen (secondary N) is 1. The molecule has 4 rings (SSSR count). The van der Waals surface area contributed by atoms with Gasteiger partial charge in [0.25, 0.3) is 0 Å². The molecule has 0 saturated carbocycles. The van der Waals surface area contributed by atoms with Gasteiger partial charge in [0.15, 0.2) is 0 Å². The highest BCUT2D eigenvalue weighted by atomic mass is 16.5. The minimum Gasteiger partial charge on any atom is -0.378 e. The number of hydrogen-bond acceptors (Lipinski definition) is 5. The highest BCUT2D eigenvalue weighted by Crippen LogP contribution is 2.29. The number of pyridine rings is 1. The predicted molar refractivity (Wildman–Crippen MR) is 112 cm³/mol. The summed E-state index contributed by atoms with van der Waals surface area (Å²) in [5.41, 5.74) is 2.67. The molecule has 0 aliphatic carbocycles. The zero-order valence-corrected chi connectivity index (χ0v) is 16.6. The first-order valence-electron chi connectivity index (χ1n) is 10.1. The number of hydrogen-bond donors (Lipinski definition) is 1. The zero-order valence-electron chi connectivity index (χ0n) is 16.6. The first kappa shape index (κ1) is 19.4. The molecule has 7 nitrogen and oxygen atoms in total. The Morgan fingerprint density at radius 1 is 1.21 bits per heavy atom. The SMILES string of the molecule is CCc1ccccc1N1CC(C(=O)Nc2ccc(N3CCOCC3)nc2)CC1=O. The molecule has 0 bridgehead atoms. The standard InChI is InChI=1S/C22H26N4O3/c1-2-16-5-3-4-6-19(16)26-15-17(13-21(26)27)22(28)24-18-7-8-20(23-14-18)25-9-11-29-12-10-25/h3-8,14,17H,2,9-13,15H2,1H3,(H,24,28). The Morgan fingerprint density at radius 3 is 2.72 bits per heavy atom. The van der Waals surface area contributed by atoms with Crippen LogP contribution < -0.4 is 15.1 Å². The fourth-order valence-electron chi connectivity index (χ4n) is 3.87. The summed E-state index contributed by atoms with van der Waals surface area (Å²) >= 11 is 0. The highest BCUT2D eigenvalue weighted by Gasteiger charge is 2.35. The molecule has 1 N–H and O–H groups in total. The number of anilines is 3. The minimum absolute atomic E-state index is 0.00756. The lowest BCUT2D eigenvalue weighted by atomic mass is 10.1. The first-order chi connectivity index (χ1) is 14.2. The largest absolute Gasteiger partial charge is 0.378 e. The van der Waals surface area contributed by atoms with Crippen LogP contribution in [0.5, 0.6) is 0 Å². The van der Waals surface area contributed by atoms with E-state index in [2.05, 4.69) is 22.1 Å². The second-order valence-electron chi connectivity index (χ2n) is 7.38. The van der Waals surface area contributed by atoms with Crippen molar-refractivity contribution >= 4 is 29.0 Å². The fraction of sp³-hybridized carbons (Fsp3) is 0.409.